The van der Waals surface area contributed by atoms with Gasteiger partial charge in [0.1, 0.15) is 5.75 Å². The Hall–Kier alpha value is -2.67. The van der Waals surface area contributed by atoms with Crippen molar-refractivity contribution >= 4 is 17.4 Å². The summed E-state index contributed by atoms with van der Waals surface area (Å²) in [5.41, 5.74) is 1.19. The highest BCUT2D eigenvalue weighted by Gasteiger charge is 2.22. The molecule has 0 aliphatic carbocycles. The molecule has 7 heteroatoms. The van der Waals surface area contributed by atoms with Crippen molar-refractivity contribution in [3.05, 3.63) is 42.1 Å². The second-order valence-corrected chi connectivity index (χ2v) is 6.08. The van der Waals surface area contributed by atoms with Crippen molar-refractivity contribution < 1.29 is 9.53 Å². The molecule has 0 bridgehead atoms. The number of ether oxygens (including phenoxy) is 1. The maximum absolute atomic E-state index is 12.6. The van der Waals surface area contributed by atoms with Gasteiger partial charge < -0.3 is 19.9 Å². The summed E-state index contributed by atoms with van der Waals surface area (Å²) >= 11 is 0. The summed E-state index contributed by atoms with van der Waals surface area (Å²) in [5.74, 6) is 1.27. The zero-order chi connectivity index (χ0) is 18.4. The number of nitrogens with zero attached hydrogens (tertiary/aromatic N) is 4. The molecule has 2 heterocycles. The van der Waals surface area contributed by atoms with Gasteiger partial charge in [-0.05, 0) is 37.7 Å². The Labute approximate surface area is 154 Å². The quantitative estimate of drug-likeness (QED) is 0.858. The van der Waals surface area contributed by atoms with E-state index in [1.807, 2.05) is 36.1 Å². The highest BCUT2D eigenvalue weighted by Crippen LogP contribution is 2.26. The molecule has 1 fully saturated rings. The summed E-state index contributed by atoms with van der Waals surface area (Å²) in [6, 6.07) is 11.1. The second kappa shape index (κ2) is 8.62. The van der Waals surface area contributed by atoms with Crippen LogP contribution in [-0.4, -0.2) is 65.2 Å². The average molecular weight is 355 g/mol. The predicted molar refractivity (Wildman–Crippen MR) is 101 cm³/mol. The smallest absolute Gasteiger partial charge is 0.274 e. The van der Waals surface area contributed by atoms with E-state index in [9.17, 15) is 4.79 Å². The van der Waals surface area contributed by atoms with E-state index >= 15 is 0 Å². The lowest BCUT2D eigenvalue weighted by atomic mass is 10.2. The van der Waals surface area contributed by atoms with Crippen molar-refractivity contribution in [2.45, 2.75) is 13.8 Å². The first-order valence-electron chi connectivity index (χ1n) is 9.05. The lowest BCUT2D eigenvalue weighted by Gasteiger charge is -2.33. The van der Waals surface area contributed by atoms with Crippen LogP contribution in [0.15, 0.2) is 36.4 Å². The van der Waals surface area contributed by atoms with Gasteiger partial charge in [-0.3, -0.25) is 4.79 Å². The molecule has 1 aliphatic rings. The minimum atomic E-state index is -0.0606. The summed E-state index contributed by atoms with van der Waals surface area (Å²) in [7, 11) is 0. The van der Waals surface area contributed by atoms with E-state index < -0.39 is 0 Å². The molecule has 0 atom stereocenters. The van der Waals surface area contributed by atoms with Crippen LogP contribution in [0, 0.1) is 0 Å². The number of hydrogen-bond acceptors (Lipinski definition) is 6. The molecule has 0 radical (unpaired) electrons. The van der Waals surface area contributed by atoms with Crippen molar-refractivity contribution in [2.75, 3.05) is 44.6 Å². The lowest BCUT2D eigenvalue weighted by molar-refractivity contribution is 0.0636. The highest BCUT2D eigenvalue weighted by molar-refractivity contribution is 5.92. The van der Waals surface area contributed by atoms with Gasteiger partial charge in [-0.2, -0.15) is 0 Å². The summed E-state index contributed by atoms with van der Waals surface area (Å²) in [4.78, 5) is 16.7. The molecule has 2 aromatic rings. The maximum Gasteiger partial charge on any atom is 0.274 e. The normalized spacial score (nSPS) is 14.9. The minimum Gasteiger partial charge on any atom is -0.492 e. The van der Waals surface area contributed by atoms with Crippen molar-refractivity contribution in [2.24, 2.45) is 0 Å². The van der Waals surface area contributed by atoms with Gasteiger partial charge in [-0.15, -0.1) is 10.2 Å². The molecule has 0 saturated carbocycles. The van der Waals surface area contributed by atoms with Crippen LogP contribution in [-0.2, 0) is 0 Å². The van der Waals surface area contributed by atoms with E-state index in [2.05, 4.69) is 27.3 Å². The molecule has 0 spiro atoms. The Bertz CT molecular complexity index is 727. The molecule has 3 rings (SSSR count). The largest absolute Gasteiger partial charge is 0.492 e. The van der Waals surface area contributed by atoms with Gasteiger partial charge in [0, 0.05) is 26.2 Å². The topological polar surface area (TPSA) is 70.6 Å². The predicted octanol–water partition coefficient (Wildman–Crippen LogP) is 2.40. The molecule has 1 aromatic carbocycles. The van der Waals surface area contributed by atoms with Gasteiger partial charge in [0.25, 0.3) is 5.91 Å². The number of benzene rings is 1. The molecule has 26 heavy (non-hydrogen) atoms. The summed E-state index contributed by atoms with van der Waals surface area (Å²) in [6.07, 6.45) is 0. The molecule has 1 aliphatic heterocycles. The van der Waals surface area contributed by atoms with E-state index in [1.165, 1.54) is 0 Å². The van der Waals surface area contributed by atoms with Crippen LogP contribution in [0.2, 0.25) is 0 Å². The van der Waals surface area contributed by atoms with E-state index in [4.69, 9.17) is 4.74 Å². The van der Waals surface area contributed by atoms with Crippen LogP contribution >= 0.6 is 0 Å². The number of carbonyl (C=O) groups excluding carboxylic acids is 1. The number of carbonyl (C=O) groups is 1. The first-order chi connectivity index (χ1) is 12.7. The first-order valence-corrected chi connectivity index (χ1v) is 9.05. The van der Waals surface area contributed by atoms with Gasteiger partial charge >= 0.3 is 0 Å². The molecule has 138 valence electrons. The summed E-state index contributed by atoms with van der Waals surface area (Å²) < 4.78 is 5.59. The SMILES string of the molecule is CCOc1ccccc1Nc1ccc(C(=O)N2CCN(CC)CC2)nn1. The van der Waals surface area contributed by atoms with E-state index in [0.717, 1.165) is 44.2 Å². The first kappa shape index (κ1) is 18.1. The van der Waals surface area contributed by atoms with Gasteiger partial charge in [0.05, 0.1) is 12.3 Å². The van der Waals surface area contributed by atoms with E-state index in [1.54, 1.807) is 12.1 Å². The van der Waals surface area contributed by atoms with Gasteiger partial charge in [0.2, 0.25) is 0 Å². The third-order valence-corrected chi connectivity index (χ3v) is 4.44. The zero-order valence-corrected chi connectivity index (χ0v) is 15.3. The van der Waals surface area contributed by atoms with Crippen LogP contribution in [0.25, 0.3) is 0 Å². The Morgan fingerprint density at radius 1 is 1.08 bits per heavy atom. The maximum atomic E-state index is 12.6. The fourth-order valence-corrected chi connectivity index (χ4v) is 2.93. The summed E-state index contributed by atoms with van der Waals surface area (Å²) in [5, 5.41) is 11.4. The van der Waals surface area contributed by atoms with E-state index in [0.29, 0.717) is 18.1 Å². The van der Waals surface area contributed by atoms with Crippen LogP contribution in [0.5, 0.6) is 5.75 Å². The molecule has 1 aromatic heterocycles. The monoisotopic (exact) mass is 355 g/mol. The van der Waals surface area contributed by atoms with Crippen molar-refractivity contribution in [1.29, 1.82) is 0 Å². The van der Waals surface area contributed by atoms with Crippen molar-refractivity contribution in [1.82, 2.24) is 20.0 Å². The molecule has 1 amide bonds. The van der Waals surface area contributed by atoms with Crippen LogP contribution in [0.3, 0.4) is 0 Å². The average Bonchev–Trinajstić information content (AvgIpc) is 2.70. The van der Waals surface area contributed by atoms with E-state index in [-0.39, 0.29) is 5.91 Å². The number of anilines is 2. The Kier molecular flexibility index (Phi) is 6.01. The van der Waals surface area contributed by atoms with Gasteiger partial charge in [-0.25, -0.2) is 0 Å². The Morgan fingerprint density at radius 3 is 2.50 bits per heavy atom. The second-order valence-electron chi connectivity index (χ2n) is 6.08. The Balaban J connectivity index is 1.64. The van der Waals surface area contributed by atoms with Crippen LogP contribution < -0.4 is 10.1 Å². The fraction of sp³-hybridized carbons (Fsp3) is 0.421. The molecular weight excluding hydrogens is 330 g/mol. The standard InChI is InChI=1S/C19H25N5O2/c1-3-23-11-13-24(14-12-23)19(25)16-9-10-18(22-21-16)20-15-7-5-6-8-17(15)26-4-2/h5-10H,3-4,11-14H2,1-2H3,(H,20,22). The van der Waals surface area contributed by atoms with Crippen molar-refractivity contribution in [3.8, 4) is 5.75 Å². The molecule has 1 saturated heterocycles. The molecule has 1 N–H and O–H groups in total. The number of likely N-dealkylation sites (N-methyl/N-ethyl adjacent to an activating group) is 1. The van der Waals surface area contributed by atoms with Gasteiger partial charge in [0.15, 0.2) is 11.5 Å². The third kappa shape index (κ3) is 4.29. The molecule has 0 unspecified atom stereocenters. The molecule has 7 nitrogen and oxygen atoms in total. The number of hydrogen-bond donors (Lipinski definition) is 1. The molecular formula is C19H25N5O2. The third-order valence-electron chi connectivity index (χ3n) is 4.44. The Morgan fingerprint density at radius 2 is 1.85 bits per heavy atom. The number of nitrogens with one attached hydrogen (secondary N) is 1. The van der Waals surface area contributed by atoms with Gasteiger partial charge in [-0.1, -0.05) is 19.1 Å². The number of para-hydroxylation sites is 2. The minimum absolute atomic E-state index is 0.0606. The van der Waals surface area contributed by atoms with Crippen molar-refractivity contribution in [3.63, 3.8) is 0 Å². The summed E-state index contributed by atoms with van der Waals surface area (Å²) in [6.45, 7) is 8.96. The lowest BCUT2D eigenvalue weighted by Crippen LogP contribution is -2.48. The number of amides is 1. The highest BCUT2D eigenvalue weighted by atomic mass is 16.5. The number of rotatable bonds is 6. The fourth-order valence-electron chi connectivity index (χ4n) is 2.93. The number of aromatic nitrogens is 2. The van der Waals surface area contributed by atoms with Crippen LogP contribution in [0.1, 0.15) is 24.3 Å². The zero-order valence-electron chi connectivity index (χ0n) is 15.3. The van der Waals surface area contributed by atoms with Crippen LogP contribution in [0.4, 0.5) is 11.5 Å². The number of piperazine rings is 1.